The number of carbonyl (C=O) groups excluding carboxylic acids is 1. The topological polar surface area (TPSA) is 38.3 Å². The van der Waals surface area contributed by atoms with E-state index in [2.05, 4.69) is 5.32 Å². The van der Waals surface area contributed by atoms with Crippen molar-refractivity contribution in [1.82, 2.24) is 5.32 Å². The number of halogens is 1. The molecule has 0 bridgehead atoms. The quantitative estimate of drug-likeness (QED) is 0.899. The van der Waals surface area contributed by atoms with Gasteiger partial charge in [-0.2, -0.15) is 0 Å². The Kier molecular flexibility index (Phi) is 6.84. The van der Waals surface area contributed by atoms with Crippen molar-refractivity contribution in [3.8, 4) is 5.75 Å². The van der Waals surface area contributed by atoms with Crippen molar-refractivity contribution < 1.29 is 13.9 Å². The highest BCUT2D eigenvalue weighted by Gasteiger charge is 1.99. The molecule has 1 aliphatic rings. The summed E-state index contributed by atoms with van der Waals surface area (Å²) < 4.78 is 17.5. The molecular weight excluding hydrogens is 233 g/mol. The fourth-order valence-electron chi connectivity index (χ4n) is 1.64. The summed E-state index contributed by atoms with van der Waals surface area (Å²) >= 11 is 0. The SMILES string of the molecule is C1CCCC1.CNC(=O)COc1ccc(F)cc1. The van der Waals surface area contributed by atoms with Crippen LogP contribution in [-0.2, 0) is 4.79 Å². The minimum Gasteiger partial charge on any atom is -0.484 e. The van der Waals surface area contributed by atoms with Gasteiger partial charge in [-0.1, -0.05) is 32.1 Å². The van der Waals surface area contributed by atoms with E-state index in [-0.39, 0.29) is 18.3 Å². The maximum absolute atomic E-state index is 12.4. The van der Waals surface area contributed by atoms with Crippen LogP contribution in [0.3, 0.4) is 0 Å². The summed E-state index contributed by atoms with van der Waals surface area (Å²) in [5.41, 5.74) is 0. The summed E-state index contributed by atoms with van der Waals surface area (Å²) in [6.45, 7) is -0.0534. The van der Waals surface area contributed by atoms with Crippen molar-refractivity contribution in [2.24, 2.45) is 0 Å². The largest absolute Gasteiger partial charge is 0.484 e. The molecule has 0 saturated heterocycles. The molecule has 1 amide bonds. The molecule has 1 aromatic carbocycles. The number of likely N-dealkylation sites (N-methyl/N-ethyl adjacent to an activating group) is 1. The average molecular weight is 253 g/mol. The Morgan fingerprint density at radius 3 is 2.11 bits per heavy atom. The molecule has 4 heteroatoms. The summed E-state index contributed by atoms with van der Waals surface area (Å²) in [6, 6.07) is 5.49. The Hall–Kier alpha value is -1.58. The Morgan fingerprint density at radius 2 is 1.67 bits per heavy atom. The number of hydrogen-bond acceptors (Lipinski definition) is 2. The summed E-state index contributed by atoms with van der Waals surface area (Å²) in [4.78, 5) is 10.7. The minimum atomic E-state index is -0.327. The molecule has 0 radical (unpaired) electrons. The van der Waals surface area contributed by atoms with E-state index in [0.29, 0.717) is 5.75 Å². The summed E-state index contributed by atoms with van der Waals surface area (Å²) in [7, 11) is 1.52. The van der Waals surface area contributed by atoms with Gasteiger partial charge in [-0.3, -0.25) is 4.79 Å². The number of benzene rings is 1. The van der Waals surface area contributed by atoms with Crippen LogP contribution in [0.15, 0.2) is 24.3 Å². The van der Waals surface area contributed by atoms with Gasteiger partial charge in [0.05, 0.1) is 0 Å². The van der Waals surface area contributed by atoms with E-state index in [1.54, 1.807) is 0 Å². The highest BCUT2D eigenvalue weighted by Crippen LogP contribution is 2.15. The van der Waals surface area contributed by atoms with Crippen molar-refractivity contribution in [2.75, 3.05) is 13.7 Å². The molecule has 0 unspecified atom stereocenters. The molecule has 0 heterocycles. The van der Waals surface area contributed by atoms with Gasteiger partial charge in [-0.05, 0) is 24.3 Å². The predicted molar refractivity (Wildman–Crippen MR) is 69.0 cm³/mol. The molecule has 1 fully saturated rings. The Balaban J connectivity index is 0.000000269. The van der Waals surface area contributed by atoms with Crippen LogP contribution in [0.4, 0.5) is 4.39 Å². The van der Waals surface area contributed by atoms with E-state index in [0.717, 1.165) is 0 Å². The molecule has 0 aliphatic heterocycles. The lowest BCUT2D eigenvalue weighted by atomic mass is 10.3. The zero-order valence-electron chi connectivity index (χ0n) is 10.7. The molecule has 0 aromatic heterocycles. The van der Waals surface area contributed by atoms with Crippen molar-refractivity contribution >= 4 is 5.91 Å². The van der Waals surface area contributed by atoms with Gasteiger partial charge in [0.1, 0.15) is 11.6 Å². The Morgan fingerprint density at radius 1 is 1.17 bits per heavy atom. The van der Waals surface area contributed by atoms with Crippen LogP contribution in [0.1, 0.15) is 32.1 Å². The van der Waals surface area contributed by atoms with Crippen LogP contribution in [0.5, 0.6) is 5.75 Å². The van der Waals surface area contributed by atoms with Crippen LogP contribution in [0.25, 0.3) is 0 Å². The zero-order chi connectivity index (χ0) is 13.2. The smallest absolute Gasteiger partial charge is 0.257 e. The number of rotatable bonds is 3. The fraction of sp³-hybridized carbons (Fsp3) is 0.500. The Labute approximate surface area is 107 Å². The second-order valence-corrected chi connectivity index (χ2v) is 4.18. The van der Waals surface area contributed by atoms with Crippen LogP contribution < -0.4 is 10.1 Å². The maximum atomic E-state index is 12.4. The van der Waals surface area contributed by atoms with Crippen molar-refractivity contribution in [3.63, 3.8) is 0 Å². The first kappa shape index (κ1) is 14.5. The van der Waals surface area contributed by atoms with Crippen molar-refractivity contribution in [2.45, 2.75) is 32.1 Å². The van der Waals surface area contributed by atoms with Gasteiger partial charge in [0, 0.05) is 7.05 Å². The number of ether oxygens (including phenoxy) is 1. The third-order valence-corrected chi connectivity index (χ3v) is 2.71. The maximum Gasteiger partial charge on any atom is 0.257 e. The number of nitrogens with one attached hydrogen (secondary N) is 1. The lowest BCUT2D eigenvalue weighted by Crippen LogP contribution is -2.24. The van der Waals surface area contributed by atoms with E-state index in [9.17, 15) is 9.18 Å². The molecule has 2 rings (SSSR count). The van der Waals surface area contributed by atoms with Gasteiger partial charge in [-0.25, -0.2) is 4.39 Å². The first-order valence-corrected chi connectivity index (χ1v) is 6.31. The lowest BCUT2D eigenvalue weighted by molar-refractivity contribution is -0.122. The van der Waals surface area contributed by atoms with E-state index in [1.165, 1.54) is 63.4 Å². The molecule has 100 valence electrons. The number of hydrogen-bond donors (Lipinski definition) is 1. The van der Waals surface area contributed by atoms with Crippen molar-refractivity contribution in [3.05, 3.63) is 30.1 Å². The van der Waals surface area contributed by atoms with Gasteiger partial charge in [0.25, 0.3) is 5.91 Å². The third-order valence-electron chi connectivity index (χ3n) is 2.71. The van der Waals surface area contributed by atoms with Gasteiger partial charge in [0.15, 0.2) is 6.61 Å². The number of carbonyl (C=O) groups is 1. The van der Waals surface area contributed by atoms with E-state index >= 15 is 0 Å². The van der Waals surface area contributed by atoms with Crippen LogP contribution in [0, 0.1) is 5.82 Å². The monoisotopic (exact) mass is 253 g/mol. The molecule has 18 heavy (non-hydrogen) atoms. The molecule has 3 nitrogen and oxygen atoms in total. The van der Waals surface area contributed by atoms with Gasteiger partial charge in [0.2, 0.25) is 0 Å². The fourth-order valence-corrected chi connectivity index (χ4v) is 1.64. The first-order chi connectivity index (χ1) is 8.72. The van der Waals surface area contributed by atoms with Crippen LogP contribution in [0.2, 0.25) is 0 Å². The van der Waals surface area contributed by atoms with E-state index in [1.807, 2.05) is 0 Å². The minimum absolute atomic E-state index is 0.0534. The molecule has 1 aliphatic carbocycles. The molecule has 0 atom stereocenters. The zero-order valence-corrected chi connectivity index (χ0v) is 10.7. The first-order valence-electron chi connectivity index (χ1n) is 6.31. The average Bonchev–Trinajstić information content (AvgIpc) is 2.97. The highest BCUT2D eigenvalue weighted by atomic mass is 19.1. The van der Waals surface area contributed by atoms with Gasteiger partial charge < -0.3 is 10.1 Å². The summed E-state index contributed by atoms with van der Waals surface area (Å²) in [6.07, 6.45) is 7.50. The molecule has 0 spiro atoms. The Bertz CT molecular complexity index is 340. The summed E-state index contributed by atoms with van der Waals surface area (Å²) in [5.74, 6) is -0.0679. The second-order valence-electron chi connectivity index (χ2n) is 4.18. The lowest BCUT2D eigenvalue weighted by Gasteiger charge is -2.03. The van der Waals surface area contributed by atoms with Crippen LogP contribution >= 0.6 is 0 Å². The van der Waals surface area contributed by atoms with Crippen LogP contribution in [-0.4, -0.2) is 19.6 Å². The molecule has 1 aromatic rings. The van der Waals surface area contributed by atoms with Gasteiger partial charge in [-0.15, -0.1) is 0 Å². The standard InChI is InChI=1S/C9H10FNO2.C5H10/c1-11-9(12)6-13-8-4-2-7(10)3-5-8;1-2-4-5-3-1/h2-5H,6H2,1H3,(H,11,12);1-5H2. The highest BCUT2D eigenvalue weighted by molar-refractivity contribution is 5.77. The molecular formula is C14H20FNO2. The molecule has 1 saturated carbocycles. The van der Waals surface area contributed by atoms with E-state index < -0.39 is 0 Å². The van der Waals surface area contributed by atoms with Gasteiger partial charge >= 0.3 is 0 Å². The third kappa shape index (κ3) is 6.23. The van der Waals surface area contributed by atoms with E-state index in [4.69, 9.17) is 4.74 Å². The van der Waals surface area contributed by atoms with Crippen molar-refractivity contribution in [1.29, 1.82) is 0 Å². The molecule has 1 N–H and O–H groups in total. The second kappa shape index (κ2) is 8.50. The number of amides is 1. The summed E-state index contributed by atoms with van der Waals surface area (Å²) in [5, 5.41) is 2.41. The normalized spacial score (nSPS) is 13.4. The predicted octanol–water partition coefficient (Wildman–Crippen LogP) is 2.90.